The van der Waals surface area contributed by atoms with Gasteiger partial charge in [0.1, 0.15) is 5.75 Å². The van der Waals surface area contributed by atoms with Crippen LogP contribution in [0.25, 0.3) is 0 Å². The first-order chi connectivity index (χ1) is 17.2. The minimum atomic E-state index is -0.524. The summed E-state index contributed by atoms with van der Waals surface area (Å²) in [5, 5.41) is 6.78. The van der Waals surface area contributed by atoms with E-state index in [0.717, 1.165) is 29.7 Å². The first-order valence-corrected chi connectivity index (χ1v) is 12.9. The molecule has 2 heterocycles. The lowest BCUT2D eigenvalue weighted by atomic mass is 9.82. The summed E-state index contributed by atoms with van der Waals surface area (Å²) in [7, 11) is 0. The highest BCUT2D eigenvalue weighted by Gasteiger charge is 2.30. The number of aromatic amines is 1. The van der Waals surface area contributed by atoms with Crippen LogP contribution in [0.4, 0.5) is 4.39 Å². The topological polar surface area (TPSA) is 67.3 Å². The monoisotopic (exact) mass is 511 g/mol. The van der Waals surface area contributed by atoms with E-state index in [0.29, 0.717) is 33.9 Å². The number of ether oxygens (including phenoxy) is 1. The second kappa shape index (κ2) is 12.3. The molecular weight excluding hydrogens is 477 g/mol. The van der Waals surface area contributed by atoms with Crippen LogP contribution in [0.3, 0.4) is 0 Å². The number of hydrogen-bond donors (Lipinski definition) is 1. The van der Waals surface area contributed by atoms with Crippen molar-refractivity contribution in [2.45, 2.75) is 53.9 Å². The quantitative estimate of drug-likeness (QED) is 0.207. The molecule has 5 nitrogen and oxygen atoms in total. The molecule has 0 bridgehead atoms. The van der Waals surface area contributed by atoms with Crippen molar-refractivity contribution in [1.29, 1.82) is 0 Å². The number of fused-ring (bicyclic) bond motifs is 1. The van der Waals surface area contributed by atoms with Gasteiger partial charge in [0.25, 0.3) is 0 Å². The number of nitrogens with zero attached hydrogens (tertiary/aromatic N) is 2. The predicted octanol–water partition coefficient (Wildman–Crippen LogP) is 7.29. The number of benzene rings is 1. The van der Waals surface area contributed by atoms with Gasteiger partial charge in [0, 0.05) is 22.4 Å². The van der Waals surface area contributed by atoms with Gasteiger partial charge < -0.3 is 4.74 Å². The highest BCUT2D eigenvalue weighted by Crippen LogP contribution is 2.34. The molecular formula is C29H35ClFN3O2. The number of H-pyrrole nitrogens is 1. The molecule has 192 valence electrons. The molecule has 1 aliphatic heterocycles. The van der Waals surface area contributed by atoms with Gasteiger partial charge in [0.05, 0.1) is 30.0 Å². The molecule has 2 aromatic rings. The lowest BCUT2D eigenvalue weighted by Crippen LogP contribution is -2.30. The van der Waals surface area contributed by atoms with Crippen molar-refractivity contribution in [3.63, 3.8) is 0 Å². The summed E-state index contributed by atoms with van der Waals surface area (Å²) in [6.45, 7) is 14.6. The summed E-state index contributed by atoms with van der Waals surface area (Å²) in [5.41, 5.74) is 3.85. The Morgan fingerprint density at radius 3 is 2.64 bits per heavy atom. The zero-order valence-corrected chi connectivity index (χ0v) is 22.5. The van der Waals surface area contributed by atoms with E-state index in [2.05, 4.69) is 30.6 Å². The molecule has 1 aliphatic rings. The van der Waals surface area contributed by atoms with Crippen LogP contribution >= 0.6 is 11.6 Å². The van der Waals surface area contributed by atoms with Gasteiger partial charge in [0.15, 0.2) is 5.78 Å². The summed E-state index contributed by atoms with van der Waals surface area (Å²) < 4.78 is 20.3. The normalized spacial score (nSPS) is 18.3. The van der Waals surface area contributed by atoms with Gasteiger partial charge in [-0.3, -0.25) is 14.9 Å². The van der Waals surface area contributed by atoms with Crippen molar-refractivity contribution in [3.05, 3.63) is 82.1 Å². The van der Waals surface area contributed by atoms with Crippen molar-refractivity contribution in [1.82, 2.24) is 10.2 Å². The third kappa shape index (κ3) is 6.04. The molecule has 1 N–H and O–H groups in total. The molecule has 0 spiro atoms. The zero-order valence-electron chi connectivity index (χ0n) is 21.7. The van der Waals surface area contributed by atoms with E-state index in [4.69, 9.17) is 21.3 Å². The average molecular weight is 512 g/mol. The number of aromatic nitrogens is 2. The maximum atomic E-state index is 14.4. The number of ketones is 1. The Balaban J connectivity index is 2.03. The molecule has 0 amide bonds. The average Bonchev–Trinajstić information content (AvgIpc) is 3.31. The smallest absolute Gasteiger partial charge is 0.218 e. The van der Waals surface area contributed by atoms with Crippen LogP contribution in [0, 0.1) is 23.7 Å². The lowest BCUT2D eigenvalue weighted by Gasteiger charge is -2.27. The molecule has 1 aromatic carbocycles. The van der Waals surface area contributed by atoms with Crippen molar-refractivity contribution in [2.24, 2.45) is 22.7 Å². The summed E-state index contributed by atoms with van der Waals surface area (Å²) >= 11 is 6.18. The zero-order chi connectivity index (χ0) is 26.4. The van der Waals surface area contributed by atoms with Gasteiger partial charge in [-0.25, -0.2) is 0 Å². The Morgan fingerprint density at radius 2 is 2.03 bits per heavy atom. The second-order valence-electron chi connectivity index (χ2n) is 9.33. The van der Waals surface area contributed by atoms with Gasteiger partial charge >= 0.3 is 0 Å². The maximum absolute atomic E-state index is 14.4. The van der Waals surface area contributed by atoms with Crippen molar-refractivity contribution in [3.8, 4) is 5.75 Å². The number of allylic oxidation sites excluding steroid dienone is 4. The SMILES string of the molecule is C=C(C(=C\N=C(c1cn[nH]c1F)C(C)CC)/C(=C\C)C(=O)[C@@H]1COc2ccc(Cl)cc2C1)C(C)CC. The van der Waals surface area contributed by atoms with Gasteiger partial charge in [-0.1, -0.05) is 52.0 Å². The number of carbonyl (C=O) groups is 1. The summed E-state index contributed by atoms with van der Waals surface area (Å²) in [6.07, 6.45) is 7.10. The molecule has 2 unspecified atom stereocenters. The molecule has 0 radical (unpaired) electrons. The fourth-order valence-electron chi connectivity index (χ4n) is 4.26. The fraction of sp³-hybridized carbons (Fsp3) is 0.414. The first kappa shape index (κ1) is 27.6. The van der Waals surface area contributed by atoms with E-state index in [1.165, 1.54) is 6.20 Å². The van der Waals surface area contributed by atoms with Gasteiger partial charge in [-0.2, -0.15) is 9.49 Å². The van der Waals surface area contributed by atoms with Gasteiger partial charge in [0.2, 0.25) is 5.95 Å². The summed E-state index contributed by atoms with van der Waals surface area (Å²) in [4.78, 5) is 18.5. The number of aliphatic imine (C=N–C) groups is 1. The Labute approximate surface area is 218 Å². The van der Waals surface area contributed by atoms with Gasteiger partial charge in [-0.05, 0) is 67.4 Å². The molecule has 3 rings (SSSR count). The van der Waals surface area contributed by atoms with Crippen LogP contribution in [0.1, 0.15) is 58.6 Å². The highest BCUT2D eigenvalue weighted by atomic mass is 35.5. The maximum Gasteiger partial charge on any atom is 0.218 e. The number of hydrogen-bond acceptors (Lipinski definition) is 4. The molecule has 0 saturated carbocycles. The van der Waals surface area contributed by atoms with E-state index < -0.39 is 5.95 Å². The Kier molecular flexibility index (Phi) is 9.43. The number of carbonyl (C=O) groups excluding carboxylic acids is 1. The van der Waals surface area contributed by atoms with Gasteiger partial charge in [-0.15, -0.1) is 0 Å². The Bertz CT molecular complexity index is 1210. The van der Waals surface area contributed by atoms with Crippen molar-refractivity contribution in [2.75, 3.05) is 6.61 Å². The number of halogens is 2. The molecule has 36 heavy (non-hydrogen) atoms. The molecule has 1 aromatic heterocycles. The third-order valence-corrected chi connectivity index (χ3v) is 7.21. The molecule has 0 fully saturated rings. The van der Waals surface area contributed by atoms with Crippen LogP contribution in [0.5, 0.6) is 5.75 Å². The summed E-state index contributed by atoms with van der Waals surface area (Å²) in [5.74, 6) is -0.0366. The van der Waals surface area contributed by atoms with E-state index in [1.54, 1.807) is 12.3 Å². The van der Waals surface area contributed by atoms with Crippen LogP contribution in [-0.2, 0) is 11.2 Å². The van der Waals surface area contributed by atoms with E-state index in [-0.39, 0.29) is 30.1 Å². The molecule has 0 aliphatic carbocycles. The number of nitrogens with one attached hydrogen (secondary N) is 1. The van der Waals surface area contributed by atoms with Crippen LogP contribution in [0.15, 0.2) is 65.0 Å². The molecule has 3 atom stereocenters. The number of rotatable bonds is 10. The minimum Gasteiger partial charge on any atom is -0.493 e. The second-order valence-corrected chi connectivity index (χ2v) is 9.77. The third-order valence-electron chi connectivity index (χ3n) is 6.98. The standard InChI is InChI=1S/C29H35ClFN3O2/c1-7-17(4)19(6)24(14-32-27(18(5)8-2)25-15-33-34-29(25)31)23(9-3)28(35)21-12-20-13-22(30)10-11-26(20)36-16-21/h9-11,13-15,17-18,21H,6-8,12,16H2,1-5H3,(H,33,34)/b23-9+,24-14+,32-27?/t17?,18?,21-/m0/s1. The Hall–Kier alpha value is -2.99. The number of Topliss-reactive ketones (excluding diaryl/α,β-unsaturated/α-hetero) is 1. The first-order valence-electron chi connectivity index (χ1n) is 12.5. The van der Waals surface area contributed by atoms with E-state index >= 15 is 0 Å². The predicted molar refractivity (Wildman–Crippen MR) is 144 cm³/mol. The fourth-order valence-corrected chi connectivity index (χ4v) is 4.45. The van der Waals surface area contributed by atoms with Crippen molar-refractivity contribution >= 4 is 23.1 Å². The lowest BCUT2D eigenvalue weighted by molar-refractivity contribution is -0.120. The van der Waals surface area contributed by atoms with E-state index in [1.807, 2.05) is 39.0 Å². The Morgan fingerprint density at radius 1 is 1.31 bits per heavy atom. The highest BCUT2D eigenvalue weighted by molar-refractivity contribution is 6.30. The van der Waals surface area contributed by atoms with Crippen LogP contribution < -0.4 is 4.74 Å². The van der Waals surface area contributed by atoms with Crippen LogP contribution in [0.2, 0.25) is 5.02 Å². The molecule has 0 saturated heterocycles. The van der Waals surface area contributed by atoms with Crippen LogP contribution in [-0.4, -0.2) is 28.3 Å². The van der Waals surface area contributed by atoms with E-state index in [9.17, 15) is 9.18 Å². The largest absolute Gasteiger partial charge is 0.493 e. The summed E-state index contributed by atoms with van der Waals surface area (Å²) in [6, 6.07) is 5.47. The minimum absolute atomic E-state index is 0.00998. The molecule has 7 heteroatoms. The van der Waals surface area contributed by atoms with Crippen molar-refractivity contribution < 1.29 is 13.9 Å².